The van der Waals surface area contributed by atoms with E-state index < -0.39 is 0 Å². The number of carbonyl (C=O) groups excluding carboxylic acids is 1. The Bertz CT molecular complexity index is 473. The van der Waals surface area contributed by atoms with Crippen LogP contribution < -0.4 is 0 Å². The molecule has 1 aromatic carbocycles. The van der Waals surface area contributed by atoms with E-state index in [1.807, 2.05) is 41.8 Å². The zero-order chi connectivity index (χ0) is 11.5. The maximum atomic E-state index is 11.7. The number of rotatable bonds is 3. The standard InChI is InChI=1S/C13H11ClOS/c1-9(15)13(12-3-2-8-16-12)10-4-6-11(14)7-5-10/h2-8,13H,1H3. The molecular formula is C13H11ClOS. The van der Waals surface area contributed by atoms with E-state index in [2.05, 4.69) is 0 Å². The van der Waals surface area contributed by atoms with Crippen LogP contribution in [0.25, 0.3) is 0 Å². The average molecular weight is 251 g/mol. The van der Waals surface area contributed by atoms with Crippen molar-refractivity contribution in [1.29, 1.82) is 0 Å². The zero-order valence-electron chi connectivity index (χ0n) is 8.81. The smallest absolute Gasteiger partial charge is 0.142 e. The molecule has 0 saturated carbocycles. The van der Waals surface area contributed by atoms with Gasteiger partial charge in [-0.3, -0.25) is 4.79 Å². The van der Waals surface area contributed by atoms with Gasteiger partial charge in [0.25, 0.3) is 0 Å². The largest absolute Gasteiger partial charge is 0.299 e. The third kappa shape index (κ3) is 2.34. The van der Waals surface area contributed by atoms with Gasteiger partial charge in [-0.05, 0) is 36.1 Å². The number of hydrogen-bond acceptors (Lipinski definition) is 2. The molecule has 0 bridgehead atoms. The van der Waals surface area contributed by atoms with Crippen molar-refractivity contribution in [3.8, 4) is 0 Å². The summed E-state index contributed by atoms with van der Waals surface area (Å²) in [6.45, 7) is 1.62. The number of thiophene rings is 1. The van der Waals surface area contributed by atoms with E-state index in [4.69, 9.17) is 11.6 Å². The molecule has 0 aliphatic heterocycles. The van der Waals surface area contributed by atoms with Crippen LogP contribution in [0.1, 0.15) is 23.3 Å². The molecule has 0 aliphatic carbocycles. The number of carbonyl (C=O) groups is 1. The molecule has 1 heterocycles. The predicted octanol–water partition coefficient (Wildman–Crippen LogP) is 4.12. The van der Waals surface area contributed by atoms with Gasteiger partial charge in [0, 0.05) is 9.90 Å². The van der Waals surface area contributed by atoms with Crippen LogP contribution in [0.15, 0.2) is 41.8 Å². The minimum Gasteiger partial charge on any atom is -0.299 e. The first-order valence-electron chi connectivity index (χ1n) is 4.98. The lowest BCUT2D eigenvalue weighted by Crippen LogP contribution is -2.08. The summed E-state index contributed by atoms with van der Waals surface area (Å²) < 4.78 is 0. The zero-order valence-corrected chi connectivity index (χ0v) is 10.4. The Kier molecular flexibility index (Phi) is 3.42. The molecule has 3 heteroatoms. The highest BCUT2D eigenvalue weighted by Gasteiger charge is 2.19. The molecule has 1 unspecified atom stereocenters. The van der Waals surface area contributed by atoms with E-state index in [0.717, 1.165) is 10.4 Å². The minimum atomic E-state index is -0.155. The highest BCUT2D eigenvalue weighted by atomic mass is 35.5. The lowest BCUT2D eigenvalue weighted by Gasteiger charge is -2.12. The van der Waals surface area contributed by atoms with Crippen LogP contribution in [0.3, 0.4) is 0 Å². The normalized spacial score (nSPS) is 12.4. The minimum absolute atomic E-state index is 0.155. The van der Waals surface area contributed by atoms with Crippen LogP contribution in [-0.2, 0) is 4.79 Å². The summed E-state index contributed by atoms with van der Waals surface area (Å²) in [5, 5.41) is 2.68. The number of hydrogen-bond donors (Lipinski definition) is 0. The quantitative estimate of drug-likeness (QED) is 0.801. The molecular weight excluding hydrogens is 240 g/mol. The maximum Gasteiger partial charge on any atom is 0.142 e. The second kappa shape index (κ2) is 4.81. The summed E-state index contributed by atoms with van der Waals surface area (Å²) in [5.41, 5.74) is 0.999. The van der Waals surface area contributed by atoms with Crippen molar-refractivity contribution in [1.82, 2.24) is 0 Å². The molecule has 2 aromatic rings. The molecule has 0 spiro atoms. The summed E-state index contributed by atoms with van der Waals surface area (Å²) in [7, 11) is 0. The third-order valence-corrected chi connectivity index (χ3v) is 3.63. The first-order chi connectivity index (χ1) is 7.68. The lowest BCUT2D eigenvalue weighted by molar-refractivity contribution is -0.117. The monoisotopic (exact) mass is 250 g/mol. The fraction of sp³-hybridized carbons (Fsp3) is 0.154. The molecule has 0 aliphatic rings. The van der Waals surface area contributed by atoms with Gasteiger partial charge in [-0.25, -0.2) is 0 Å². The molecule has 0 fully saturated rings. The van der Waals surface area contributed by atoms with Crippen LogP contribution in [0.4, 0.5) is 0 Å². The molecule has 82 valence electrons. The molecule has 0 radical (unpaired) electrons. The van der Waals surface area contributed by atoms with Crippen molar-refractivity contribution >= 4 is 28.7 Å². The SMILES string of the molecule is CC(=O)C(c1ccc(Cl)cc1)c1cccs1. The second-order valence-corrected chi connectivity index (χ2v) is 5.03. The summed E-state index contributed by atoms with van der Waals surface area (Å²) in [6, 6.07) is 11.4. The highest BCUT2D eigenvalue weighted by Crippen LogP contribution is 2.29. The molecule has 16 heavy (non-hydrogen) atoms. The molecule has 1 nitrogen and oxygen atoms in total. The summed E-state index contributed by atoms with van der Waals surface area (Å²) in [5.74, 6) is 0.00189. The average Bonchev–Trinajstić information content (AvgIpc) is 2.74. The number of Topliss-reactive ketones (excluding diaryl/α,β-unsaturated/α-hetero) is 1. The van der Waals surface area contributed by atoms with Gasteiger partial charge in [0.05, 0.1) is 5.92 Å². The summed E-state index contributed by atoms with van der Waals surface area (Å²) in [6.07, 6.45) is 0. The number of halogens is 1. The third-order valence-electron chi connectivity index (χ3n) is 2.44. The van der Waals surface area contributed by atoms with Gasteiger partial charge in [-0.15, -0.1) is 11.3 Å². The topological polar surface area (TPSA) is 17.1 Å². The van der Waals surface area contributed by atoms with E-state index in [9.17, 15) is 4.79 Å². The van der Waals surface area contributed by atoms with Gasteiger partial charge in [-0.2, -0.15) is 0 Å². The molecule has 1 atom stereocenters. The molecule has 0 N–H and O–H groups in total. The van der Waals surface area contributed by atoms with Crippen molar-refractivity contribution in [2.75, 3.05) is 0 Å². The Morgan fingerprint density at radius 1 is 1.25 bits per heavy atom. The highest BCUT2D eigenvalue weighted by molar-refractivity contribution is 7.10. The van der Waals surface area contributed by atoms with E-state index in [0.29, 0.717) is 5.02 Å². The Labute approximate surface area is 104 Å². The maximum absolute atomic E-state index is 11.7. The van der Waals surface area contributed by atoms with Crippen LogP contribution in [0.5, 0.6) is 0 Å². The Morgan fingerprint density at radius 3 is 2.44 bits per heavy atom. The van der Waals surface area contributed by atoms with Gasteiger partial charge in [-0.1, -0.05) is 29.8 Å². The fourth-order valence-corrected chi connectivity index (χ4v) is 2.75. The van der Waals surface area contributed by atoms with E-state index in [1.54, 1.807) is 18.3 Å². The molecule has 0 amide bonds. The molecule has 0 saturated heterocycles. The van der Waals surface area contributed by atoms with E-state index in [1.165, 1.54) is 0 Å². The van der Waals surface area contributed by atoms with Crippen molar-refractivity contribution in [2.24, 2.45) is 0 Å². The first kappa shape index (κ1) is 11.4. The first-order valence-corrected chi connectivity index (χ1v) is 6.23. The van der Waals surface area contributed by atoms with Crippen molar-refractivity contribution < 1.29 is 4.79 Å². The van der Waals surface area contributed by atoms with Gasteiger partial charge in [0.1, 0.15) is 5.78 Å². The van der Waals surface area contributed by atoms with Gasteiger partial charge < -0.3 is 0 Å². The van der Waals surface area contributed by atoms with E-state index >= 15 is 0 Å². The summed E-state index contributed by atoms with van der Waals surface area (Å²) in [4.78, 5) is 12.8. The van der Waals surface area contributed by atoms with Crippen molar-refractivity contribution in [3.05, 3.63) is 57.2 Å². The fourth-order valence-electron chi connectivity index (χ4n) is 1.71. The van der Waals surface area contributed by atoms with Crippen molar-refractivity contribution in [3.63, 3.8) is 0 Å². The Hall–Kier alpha value is -1.12. The van der Waals surface area contributed by atoms with Crippen LogP contribution in [-0.4, -0.2) is 5.78 Å². The Morgan fingerprint density at radius 2 is 1.94 bits per heavy atom. The summed E-state index contributed by atoms with van der Waals surface area (Å²) >= 11 is 7.44. The number of ketones is 1. The molecule has 1 aromatic heterocycles. The van der Waals surface area contributed by atoms with Crippen molar-refractivity contribution in [2.45, 2.75) is 12.8 Å². The van der Waals surface area contributed by atoms with Gasteiger partial charge >= 0.3 is 0 Å². The predicted molar refractivity (Wildman–Crippen MR) is 68.3 cm³/mol. The van der Waals surface area contributed by atoms with Crippen LogP contribution >= 0.6 is 22.9 Å². The van der Waals surface area contributed by atoms with E-state index in [-0.39, 0.29) is 11.7 Å². The second-order valence-electron chi connectivity index (χ2n) is 3.61. The lowest BCUT2D eigenvalue weighted by atomic mass is 9.94. The Balaban J connectivity index is 2.41. The van der Waals surface area contributed by atoms with Crippen LogP contribution in [0.2, 0.25) is 5.02 Å². The number of benzene rings is 1. The van der Waals surface area contributed by atoms with Gasteiger partial charge in [0.2, 0.25) is 0 Å². The van der Waals surface area contributed by atoms with Gasteiger partial charge in [0.15, 0.2) is 0 Å². The molecule has 2 rings (SSSR count). The van der Waals surface area contributed by atoms with Crippen LogP contribution in [0, 0.1) is 0 Å².